The van der Waals surface area contributed by atoms with Crippen LogP contribution in [0.5, 0.6) is 5.75 Å². The number of aromatic hydroxyl groups is 1. The normalized spacial score (nSPS) is 12.5. The molecule has 1 N–H and O–H groups in total. The van der Waals surface area contributed by atoms with Crippen molar-refractivity contribution in [3.63, 3.8) is 0 Å². The number of rotatable bonds is 3. The molecule has 0 aliphatic carbocycles. The molecule has 0 bridgehead atoms. The number of benzene rings is 2. The Balaban J connectivity index is 0. The summed E-state index contributed by atoms with van der Waals surface area (Å²) in [7, 11) is -10.7. The van der Waals surface area contributed by atoms with E-state index in [0.717, 1.165) is 11.4 Å². The first-order chi connectivity index (χ1) is 14.5. The van der Waals surface area contributed by atoms with Crippen molar-refractivity contribution in [3.8, 4) is 5.75 Å². The number of pyridine rings is 1. The van der Waals surface area contributed by atoms with E-state index < -0.39 is 7.81 Å². The maximum atomic E-state index is 9.87. The van der Waals surface area contributed by atoms with Gasteiger partial charge in [0.05, 0.1) is 17.6 Å². The molecule has 0 fully saturated rings. The second kappa shape index (κ2) is 13.2. The molecule has 0 saturated heterocycles. The Morgan fingerprint density at radius 1 is 0.853 bits per heavy atom. The van der Waals surface area contributed by atoms with Gasteiger partial charge in [-0.1, -0.05) is 49.7 Å². The van der Waals surface area contributed by atoms with Gasteiger partial charge >= 0.3 is 52.8 Å². The molecule has 12 heteroatoms. The molecule has 0 atom stereocenters. The summed E-state index contributed by atoms with van der Waals surface area (Å²) in [4.78, 5) is 8.33. The summed E-state index contributed by atoms with van der Waals surface area (Å²) in [6, 6.07) is 21.1. The molecule has 2 aromatic carbocycles. The van der Waals surface area contributed by atoms with Crippen LogP contribution in [0.2, 0.25) is 0 Å². The molecule has 0 spiro atoms. The van der Waals surface area contributed by atoms with Gasteiger partial charge in [0.15, 0.2) is 0 Å². The van der Waals surface area contributed by atoms with Crippen LogP contribution < -0.4 is 12.4 Å². The van der Waals surface area contributed by atoms with Crippen LogP contribution in [-0.2, 0) is 19.8 Å². The minimum atomic E-state index is -10.7. The molecule has 0 unspecified atom stereocenters. The summed E-state index contributed by atoms with van der Waals surface area (Å²) in [5.41, 5.74) is 4.36. The van der Waals surface area contributed by atoms with Crippen LogP contribution in [0.1, 0.15) is 36.6 Å². The number of hydrogen-bond donors (Lipinski definition) is 1. The van der Waals surface area contributed by atoms with E-state index in [1.807, 2.05) is 18.2 Å². The van der Waals surface area contributed by atoms with Crippen LogP contribution in [-0.4, -0.2) is 16.3 Å². The summed E-state index contributed by atoms with van der Waals surface area (Å²) in [6.45, 7) is 6.54. The Bertz CT molecular complexity index is 991. The minimum Gasteiger partial charge on any atom is -1.00 e. The molecule has 0 aliphatic rings. The van der Waals surface area contributed by atoms with E-state index in [4.69, 9.17) is 5.11 Å². The zero-order valence-electron chi connectivity index (χ0n) is 18.4. The summed E-state index contributed by atoms with van der Waals surface area (Å²) >= 11 is 0. The molecule has 0 aliphatic heterocycles. The van der Waals surface area contributed by atoms with Crippen molar-refractivity contribution in [2.75, 3.05) is 0 Å². The van der Waals surface area contributed by atoms with Crippen molar-refractivity contribution < 1.29 is 62.5 Å². The van der Waals surface area contributed by atoms with Crippen LogP contribution in [0.25, 0.3) is 0 Å². The second-order valence-corrected chi connectivity index (χ2v) is 8.97. The number of halogens is 7. The van der Waals surface area contributed by atoms with E-state index in [1.165, 1.54) is 11.1 Å². The number of aryl methyl sites for hydroxylation is 1. The van der Waals surface area contributed by atoms with Crippen molar-refractivity contribution in [1.82, 2.24) is 4.98 Å². The van der Waals surface area contributed by atoms with Gasteiger partial charge in [0.2, 0.25) is 0 Å². The van der Waals surface area contributed by atoms with Crippen LogP contribution in [0.3, 0.4) is 0 Å². The molecular formula is C22H24ClF6N2OOsP+2. The number of aliphatic imine (C=N–C) groups is 1. The van der Waals surface area contributed by atoms with Gasteiger partial charge in [-0.25, -0.2) is 0 Å². The van der Waals surface area contributed by atoms with Crippen molar-refractivity contribution in [2.24, 2.45) is 4.99 Å². The zero-order valence-corrected chi connectivity index (χ0v) is 22.6. The van der Waals surface area contributed by atoms with Gasteiger partial charge in [0, 0.05) is 6.20 Å². The van der Waals surface area contributed by atoms with Gasteiger partial charge < -0.3 is 17.5 Å². The molecule has 1 aromatic heterocycles. The number of nitrogens with zero attached hydrogens (tertiary/aromatic N) is 2. The van der Waals surface area contributed by atoms with Crippen LogP contribution >= 0.6 is 7.81 Å². The van der Waals surface area contributed by atoms with Crippen molar-refractivity contribution in [2.45, 2.75) is 26.7 Å². The molecule has 34 heavy (non-hydrogen) atoms. The Hall–Kier alpha value is -2.00. The molecule has 1 heterocycles. The summed E-state index contributed by atoms with van der Waals surface area (Å²) in [6.07, 6.45) is 3.41. The minimum absolute atomic E-state index is 0. The number of phenols is 1. The van der Waals surface area contributed by atoms with Gasteiger partial charge in [0.1, 0.15) is 5.75 Å². The van der Waals surface area contributed by atoms with Gasteiger partial charge in [-0.15, -0.1) is 0 Å². The van der Waals surface area contributed by atoms with E-state index in [9.17, 15) is 25.2 Å². The van der Waals surface area contributed by atoms with E-state index >= 15 is 0 Å². The Morgan fingerprint density at radius 3 is 1.76 bits per heavy atom. The predicted octanol–water partition coefficient (Wildman–Crippen LogP) is 6.04. The van der Waals surface area contributed by atoms with Gasteiger partial charge in [-0.3, -0.25) is 9.98 Å². The van der Waals surface area contributed by atoms with E-state index in [0.29, 0.717) is 5.92 Å². The van der Waals surface area contributed by atoms with Crippen LogP contribution in [0.15, 0.2) is 77.9 Å². The Morgan fingerprint density at radius 2 is 1.35 bits per heavy atom. The first-order valence-electron chi connectivity index (χ1n) is 9.36. The van der Waals surface area contributed by atoms with E-state index in [-0.39, 0.29) is 37.9 Å². The summed E-state index contributed by atoms with van der Waals surface area (Å²) in [5, 5.41) is 9.08. The average molecular weight is 703 g/mol. The second-order valence-electron chi connectivity index (χ2n) is 7.05. The first kappa shape index (κ1) is 34.2. The molecule has 188 valence electrons. The van der Waals surface area contributed by atoms with Crippen LogP contribution in [0.4, 0.5) is 30.9 Å². The summed E-state index contributed by atoms with van der Waals surface area (Å²) in [5.74, 6) is 0.896. The molecule has 0 saturated carbocycles. The quantitative estimate of drug-likeness (QED) is 0.206. The maximum Gasteiger partial charge on any atom is 4.00 e. The maximum absolute atomic E-state index is 10.7. The Labute approximate surface area is 214 Å². The van der Waals surface area contributed by atoms with E-state index in [2.05, 4.69) is 55.0 Å². The van der Waals surface area contributed by atoms with Gasteiger partial charge in [0.25, 0.3) is 0 Å². The third-order valence-electron chi connectivity index (χ3n) is 3.63. The third kappa shape index (κ3) is 20.6. The molecule has 3 nitrogen and oxygen atoms in total. The van der Waals surface area contributed by atoms with E-state index in [1.54, 1.807) is 36.7 Å². The molecule has 0 amide bonds. The van der Waals surface area contributed by atoms with Gasteiger partial charge in [-0.2, -0.15) is 0 Å². The first-order valence-corrected chi connectivity index (χ1v) is 11.4. The molecule has 0 radical (unpaired) electrons. The topological polar surface area (TPSA) is 45.5 Å². The van der Waals surface area contributed by atoms with Crippen molar-refractivity contribution in [3.05, 3.63) is 89.7 Å². The number of phenolic OH excluding ortho intramolecular Hbond substituents is 1. The van der Waals surface area contributed by atoms with Crippen molar-refractivity contribution in [1.29, 1.82) is 0 Å². The molecular weight excluding hydrogens is 679 g/mol. The van der Waals surface area contributed by atoms with Crippen molar-refractivity contribution >= 4 is 19.7 Å². The molecule has 3 aromatic rings. The SMILES string of the molecule is Cc1ccc(C(C)C)cc1.F[P-](F)(F)(F)(F)F.Oc1ccc(N=Cc2ccccn2)cc1.[Cl-].[Os+4]. The monoisotopic (exact) mass is 704 g/mol. The third-order valence-corrected chi connectivity index (χ3v) is 3.63. The Kier molecular flexibility index (Phi) is 13.2. The standard InChI is InChI=1S/C12H10N2O.C10H14.ClH.F6P.Os/c15-12-6-4-10(5-7-12)14-9-11-3-1-2-8-13-11;1-8(2)10-6-4-9(3)5-7-10;;1-7(2,3,4,5)6;/h1-9,15H;4-8H,1-3H3;1H;;/q;;;-1;+4/p-1. The zero-order chi connectivity index (χ0) is 24.5. The number of hydrogen-bond acceptors (Lipinski definition) is 3. The fraction of sp³-hybridized carbons (Fsp3) is 0.182. The number of aromatic nitrogens is 1. The fourth-order valence-corrected chi connectivity index (χ4v) is 2.08. The predicted molar refractivity (Wildman–Crippen MR) is 118 cm³/mol. The van der Waals surface area contributed by atoms with Gasteiger partial charge in [-0.05, 0) is 54.8 Å². The molecule has 3 rings (SSSR count). The smallest absolute Gasteiger partial charge is 1.00 e. The van der Waals surface area contributed by atoms with Crippen LogP contribution in [0, 0.1) is 6.92 Å². The fourth-order valence-electron chi connectivity index (χ4n) is 2.08. The summed E-state index contributed by atoms with van der Waals surface area (Å²) < 4.78 is 59.2. The largest absolute Gasteiger partial charge is 4.00 e. The average Bonchev–Trinajstić information content (AvgIpc) is 2.67.